The Labute approximate surface area is 163 Å². The molecule has 0 fully saturated rings. The Kier molecular flexibility index (Phi) is 4.94. The van der Waals surface area contributed by atoms with Crippen LogP contribution in [0.15, 0.2) is 18.2 Å². The molecule has 0 amide bonds. The molecule has 0 aliphatic heterocycles. The molecule has 25 heavy (non-hydrogen) atoms. The van der Waals surface area contributed by atoms with Crippen LogP contribution in [0.3, 0.4) is 0 Å². The molecule has 0 radical (unpaired) electrons. The van der Waals surface area contributed by atoms with Crippen molar-refractivity contribution in [2.75, 3.05) is 0 Å². The summed E-state index contributed by atoms with van der Waals surface area (Å²) in [7, 11) is 0. The summed E-state index contributed by atoms with van der Waals surface area (Å²) in [5, 5.41) is 0.302. The van der Waals surface area contributed by atoms with Gasteiger partial charge in [0.2, 0.25) is 5.82 Å². The summed E-state index contributed by atoms with van der Waals surface area (Å²) in [5.74, 6) is -1.33. The third-order valence-electron chi connectivity index (χ3n) is 3.08. The van der Waals surface area contributed by atoms with Gasteiger partial charge in [-0.2, -0.15) is 13.2 Å². The summed E-state index contributed by atoms with van der Waals surface area (Å²) in [6.45, 7) is 0. The molecule has 1 heterocycles. The van der Waals surface area contributed by atoms with Crippen LogP contribution in [0.2, 0.25) is 25.1 Å². The van der Waals surface area contributed by atoms with Crippen molar-refractivity contribution in [3.63, 3.8) is 0 Å². The molecule has 1 N–H and O–H groups in total. The average molecular weight is 450 g/mol. The van der Waals surface area contributed by atoms with Gasteiger partial charge in [-0.15, -0.1) is 0 Å². The van der Waals surface area contributed by atoms with E-state index in [9.17, 15) is 13.2 Å². The molecule has 0 bridgehead atoms. The Morgan fingerprint density at radius 1 is 0.840 bits per heavy atom. The van der Waals surface area contributed by atoms with Gasteiger partial charge in [0.05, 0.1) is 25.1 Å². The zero-order valence-electron chi connectivity index (χ0n) is 11.6. The van der Waals surface area contributed by atoms with Crippen molar-refractivity contribution in [2.24, 2.45) is 0 Å². The molecule has 3 rings (SSSR count). The van der Waals surface area contributed by atoms with Gasteiger partial charge in [0.15, 0.2) is 5.75 Å². The highest BCUT2D eigenvalue weighted by Gasteiger charge is 2.36. The van der Waals surface area contributed by atoms with E-state index >= 15 is 0 Å². The van der Waals surface area contributed by atoms with Gasteiger partial charge >= 0.3 is 6.18 Å². The molecule has 132 valence electrons. The molecule has 1 aromatic heterocycles. The minimum Gasteiger partial charge on any atom is -0.452 e. The van der Waals surface area contributed by atoms with Crippen molar-refractivity contribution in [1.29, 1.82) is 0 Å². The molecule has 0 atom stereocenters. The number of imidazole rings is 1. The Morgan fingerprint density at radius 2 is 1.44 bits per heavy atom. The first-order valence-corrected chi connectivity index (χ1v) is 8.24. The molecule has 3 aromatic rings. The number of H-pyrrole nitrogens is 1. The van der Waals surface area contributed by atoms with Gasteiger partial charge in [0.25, 0.3) is 0 Å². The Balaban J connectivity index is 2.19. The number of hydrogen-bond acceptors (Lipinski definition) is 2. The second-order valence-electron chi connectivity index (χ2n) is 4.77. The van der Waals surface area contributed by atoms with Crippen LogP contribution >= 0.6 is 58.0 Å². The van der Waals surface area contributed by atoms with Crippen molar-refractivity contribution in [3.05, 3.63) is 49.1 Å². The largest absolute Gasteiger partial charge is 0.452 e. The minimum absolute atomic E-state index is 0.0444. The SMILES string of the molecule is FC(F)(F)c1nc2c(Cl)cc(Cl)c(Oc3cc(Cl)c(Cl)cc3Cl)c2[nH]1. The van der Waals surface area contributed by atoms with E-state index in [2.05, 4.69) is 9.97 Å². The van der Waals surface area contributed by atoms with Crippen molar-refractivity contribution in [3.8, 4) is 11.5 Å². The van der Waals surface area contributed by atoms with Gasteiger partial charge < -0.3 is 9.72 Å². The quantitative estimate of drug-likeness (QED) is 0.408. The van der Waals surface area contributed by atoms with Crippen molar-refractivity contribution in [2.45, 2.75) is 6.18 Å². The van der Waals surface area contributed by atoms with E-state index in [0.717, 1.165) is 0 Å². The van der Waals surface area contributed by atoms with E-state index in [4.69, 9.17) is 62.7 Å². The maximum atomic E-state index is 12.9. The minimum atomic E-state index is -4.70. The first-order valence-electron chi connectivity index (χ1n) is 6.35. The number of ether oxygens (including phenoxy) is 1. The molecule has 0 aliphatic rings. The second-order valence-corrected chi connectivity index (χ2v) is 6.81. The lowest BCUT2D eigenvalue weighted by atomic mass is 10.3. The van der Waals surface area contributed by atoms with Crippen LogP contribution in [-0.4, -0.2) is 9.97 Å². The van der Waals surface area contributed by atoms with E-state index in [0.29, 0.717) is 0 Å². The summed E-state index contributed by atoms with van der Waals surface area (Å²) in [6.07, 6.45) is -4.70. The van der Waals surface area contributed by atoms with E-state index in [1.54, 1.807) is 0 Å². The molecule has 11 heteroatoms. The lowest BCUT2D eigenvalue weighted by Gasteiger charge is -2.11. The van der Waals surface area contributed by atoms with E-state index < -0.39 is 12.0 Å². The van der Waals surface area contributed by atoms with Gasteiger partial charge in [0.1, 0.15) is 16.8 Å². The average Bonchev–Trinajstić information content (AvgIpc) is 2.94. The van der Waals surface area contributed by atoms with Crippen LogP contribution in [0.25, 0.3) is 11.0 Å². The summed E-state index contributed by atoms with van der Waals surface area (Å²) < 4.78 is 44.3. The second kappa shape index (κ2) is 6.59. The molecule has 0 aliphatic carbocycles. The number of benzene rings is 2. The number of aromatic nitrogens is 2. The highest BCUT2D eigenvalue weighted by Crippen LogP contribution is 2.43. The van der Waals surface area contributed by atoms with Crippen molar-refractivity contribution < 1.29 is 17.9 Å². The van der Waals surface area contributed by atoms with E-state index in [1.165, 1.54) is 18.2 Å². The summed E-state index contributed by atoms with van der Waals surface area (Å²) in [5.41, 5.74) is -0.281. The number of aromatic amines is 1. The maximum absolute atomic E-state index is 12.9. The fourth-order valence-electron chi connectivity index (χ4n) is 2.00. The van der Waals surface area contributed by atoms with Gasteiger partial charge in [-0.25, -0.2) is 4.98 Å². The van der Waals surface area contributed by atoms with Crippen LogP contribution in [0.1, 0.15) is 5.82 Å². The van der Waals surface area contributed by atoms with Crippen LogP contribution in [0.5, 0.6) is 11.5 Å². The Morgan fingerprint density at radius 3 is 2.08 bits per heavy atom. The summed E-state index contributed by atoms with van der Waals surface area (Å²) in [6, 6.07) is 3.85. The predicted molar refractivity (Wildman–Crippen MR) is 92.7 cm³/mol. The lowest BCUT2D eigenvalue weighted by Crippen LogP contribution is -2.06. The molecular formula is C14H4Cl5F3N2O. The van der Waals surface area contributed by atoms with Crippen LogP contribution in [0, 0.1) is 0 Å². The third kappa shape index (κ3) is 3.59. The number of hydrogen-bond donors (Lipinski definition) is 1. The highest BCUT2D eigenvalue weighted by atomic mass is 35.5. The first-order chi connectivity index (χ1) is 11.6. The summed E-state index contributed by atoms with van der Waals surface area (Å²) in [4.78, 5) is 5.57. The lowest BCUT2D eigenvalue weighted by molar-refractivity contribution is -0.144. The molecule has 2 aromatic carbocycles. The van der Waals surface area contributed by atoms with Gasteiger partial charge in [-0.3, -0.25) is 0 Å². The molecule has 0 saturated carbocycles. The van der Waals surface area contributed by atoms with E-state index in [1.807, 2.05) is 0 Å². The summed E-state index contributed by atoms with van der Waals surface area (Å²) >= 11 is 29.7. The van der Waals surface area contributed by atoms with Crippen molar-refractivity contribution in [1.82, 2.24) is 9.97 Å². The maximum Gasteiger partial charge on any atom is 0.449 e. The fourth-order valence-corrected chi connectivity index (χ4v) is 3.12. The first kappa shape index (κ1) is 18.7. The zero-order valence-corrected chi connectivity index (χ0v) is 15.4. The number of nitrogens with zero attached hydrogens (tertiary/aromatic N) is 1. The monoisotopic (exact) mass is 448 g/mol. The fraction of sp³-hybridized carbons (Fsp3) is 0.0714. The van der Waals surface area contributed by atoms with Crippen LogP contribution < -0.4 is 4.74 Å². The molecule has 0 saturated heterocycles. The van der Waals surface area contributed by atoms with Crippen LogP contribution in [-0.2, 0) is 6.18 Å². The number of halogens is 8. The van der Waals surface area contributed by atoms with Gasteiger partial charge in [-0.1, -0.05) is 58.0 Å². The Hall–Kier alpha value is -1.05. The molecule has 0 spiro atoms. The smallest absolute Gasteiger partial charge is 0.449 e. The van der Waals surface area contributed by atoms with Crippen LogP contribution in [0.4, 0.5) is 13.2 Å². The molecule has 0 unspecified atom stereocenters. The Bertz CT molecular complexity index is 987. The zero-order chi connectivity index (χ0) is 18.5. The highest BCUT2D eigenvalue weighted by molar-refractivity contribution is 6.43. The molecule has 3 nitrogen and oxygen atoms in total. The van der Waals surface area contributed by atoms with Gasteiger partial charge in [0, 0.05) is 6.07 Å². The predicted octanol–water partition coefficient (Wildman–Crippen LogP) is 7.64. The van der Waals surface area contributed by atoms with E-state index in [-0.39, 0.29) is 47.6 Å². The standard InChI is InChI=1S/C14H4Cl5F3N2O/c15-4-1-6(17)9(3-5(4)16)25-12-8(19)2-7(18)10-11(12)24-13(23-10)14(20,21)22/h1-3H,(H,23,24). The molecular weight excluding hydrogens is 446 g/mol. The van der Waals surface area contributed by atoms with Gasteiger partial charge in [-0.05, 0) is 12.1 Å². The third-order valence-corrected chi connectivity index (χ3v) is 4.67. The number of nitrogens with one attached hydrogen (secondary N) is 1. The number of rotatable bonds is 2. The number of fused-ring (bicyclic) bond motifs is 1. The normalized spacial score (nSPS) is 12.0. The topological polar surface area (TPSA) is 37.9 Å². The van der Waals surface area contributed by atoms with Crippen molar-refractivity contribution >= 4 is 69.0 Å². The number of alkyl halides is 3.